The van der Waals surface area contributed by atoms with Gasteiger partial charge in [0, 0.05) is 8.95 Å². The summed E-state index contributed by atoms with van der Waals surface area (Å²) in [7, 11) is 0. The van der Waals surface area contributed by atoms with E-state index in [2.05, 4.69) is 214 Å². The van der Waals surface area contributed by atoms with Gasteiger partial charge in [-0.2, -0.15) is 0 Å². The molecule has 0 bridgehead atoms. The molecule has 0 radical (unpaired) electrons. The van der Waals surface area contributed by atoms with Crippen molar-refractivity contribution in [3.05, 3.63) is 191 Å². The van der Waals surface area contributed by atoms with Crippen LogP contribution in [0, 0.1) is 0 Å². The maximum absolute atomic E-state index is 3.98. The average molecular weight is 839 g/mol. The Kier molecular flexibility index (Phi) is 7.03. The molecule has 0 aromatic heterocycles. The van der Waals surface area contributed by atoms with Gasteiger partial charge in [-0.25, -0.2) is 0 Å². The molecule has 12 rings (SSSR count). The highest BCUT2D eigenvalue weighted by Crippen LogP contribution is 2.46. The van der Waals surface area contributed by atoms with Crippen molar-refractivity contribution in [2.45, 2.75) is 0 Å². The van der Waals surface area contributed by atoms with Crippen LogP contribution in [0.25, 0.3) is 119 Å². The van der Waals surface area contributed by atoms with E-state index >= 15 is 0 Å². The fourth-order valence-corrected chi connectivity index (χ4v) is 11.0. The van der Waals surface area contributed by atoms with Crippen molar-refractivity contribution in [2.24, 2.45) is 0 Å². The van der Waals surface area contributed by atoms with Crippen LogP contribution in [0.5, 0.6) is 0 Å². The molecule has 0 atom stereocenters. The quantitative estimate of drug-likeness (QED) is 0.120. The summed E-state index contributed by atoms with van der Waals surface area (Å²) < 4.78 is 2.30. The number of fused-ring (bicyclic) bond motifs is 12. The zero-order valence-electron chi connectivity index (χ0n) is 30.1. The Balaban J connectivity index is 1.12. The third kappa shape index (κ3) is 4.58. The van der Waals surface area contributed by atoms with Crippen molar-refractivity contribution in [1.82, 2.24) is 0 Å². The van der Waals surface area contributed by atoms with Crippen molar-refractivity contribution in [3.63, 3.8) is 0 Å². The molecule has 56 heavy (non-hydrogen) atoms. The Morgan fingerprint density at radius 1 is 0.214 bits per heavy atom. The molecule has 12 aromatic carbocycles. The summed E-state index contributed by atoms with van der Waals surface area (Å²) in [5, 5.41) is 22.6. The molecule has 0 spiro atoms. The lowest BCUT2D eigenvalue weighted by Crippen LogP contribution is -1.91. The van der Waals surface area contributed by atoms with Gasteiger partial charge in [0.05, 0.1) is 0 Å². The van der Waals surface area contributed by atoms with E-state index < -0.39 is 0 Å². The van der Waals surface area contributed by atoms with Crippen LogP contribution < -0.4 is 0 Å². The first-order chi connectivity index (χ1) is 27.6. The lowest BCUT2D eigenvalue weighted by atomic mass is 9.85. The molecule has 0 aliphatic rings. The molecule has 0 nitrogen and oxygen atoms in total. The zero-order chi connectivity index (χ0) is 37.1. The highest BCUT2D eigenvalue weighted by molar-refractivity contribution is 9.11. The first-order valence-electron chi connectivity index (χ1n) is 19.1. The molecule has 0 aliphatic carbocycles. The largest absolute Gasteiger partial charge is 0.0616 e. The molecule has 0 fully saturated rings. The number of rotatable bonds is 2. The summed E-state index contributed by atoms with van der Waals surface area (Å²) in [6, 6.07) is 67.7. The van der Waals surface area contributed by atoms with Crippen LogP contribution in [0.2, 0.25) is 0 Å². The fourth-order valence-electron chi connectivity index (χ4n) is 9.59. The van der Waals surface area contributed by atoms with Gasteiger partial charge in [0.2, 0.25) is 0 Å². The summed E-state index contributed by atoms with van der Waals surface area (Å²) in [6.45, 7) is 0. The van der Waals surface area contributed by atoms with Crippen molar-refractivity contribution < 1.29 is 0 Å². The first kappa shape index (κ1) is 32.2. The van der Waals surface area contributed by atoms with Gasteiger partial charge in [0.15, 0.2) is 0 Å². The van der Waals surface area contributed by atoms with Gasteiger partial charge in [-0.05, 0) is 169 Å². The Morgan fingerprint density at radius 2 is 0.554 bits per heavy atom. The van der Waals surface area contributed by atoms with E-state index in [1.54, 1.807) is 0 Å². The summed E-state index contributed by atoms with van der Waals surface area (Å²) in [5.74, 6) is 0. The van der Waals surface area contributed by atoms with E-state index in [1.807, 2.05) is 0 Å². The molecule has 0 unspecified atom stereocenters. The molecule has 260 valence electrons. The standard InChI is InChI=1S/C54H30Br2/c55-53-35-14-5-2-11-32(35)29-50-40-19-8-17-38(43(40)23-26-47(50)53)37-16-7-18-39-42(37)22-25-46-49(39)28-31-10-1-4-13-34(31)52(46)45-21-9-20-41-44(45)24-27-48-51(41)30-33-12-3-6-15-36(33)54(48)56/h1-30H. The van der Waals surface area contributed by atoms with Crippen LogP contribution in [-0.4, -0.2) is 0 Å². The van der Waals surface area contributed by atoms with E-state index in [4.69, 9.17) is 0 Å². The molecule has 12 aromatic rings. The Bertz CT molecular complexity index is 3670. The van der Waals surface area contributed by atoms with Crippen LogP contribution in [0.1, 0.15) is 0 Å². The molecular weight excluding hydrogens is 808 g/mol. The van der Waals surface area contributed by atoms with Gasteiger partial charge in [0.1, 0.15) is 0 Å². The normalized spacial score (nSPS) is 12.1. The lowest BCUT2D eigenvalue weighted by Gasteiger charge is -2.18. The SMILES string of the molecule is Brc1c2ccccc2cc2c1ccc1c(-c3cccc4c3ccc3c(-c5cccc6c5ccc5c(Br)c7ccccc7cc56)c5ccccc5cc34)cccc12. The van der Waals surface area contributed by atoms with Crippen molar-refractivity contribution in [2.75, 3.05) is 0 Å². The second-order valence-corrected chi connectivity index (χ2v) is 16.6. The minimum absolute atomic E-state index is 1.15. The summed E-state index contributed by atoms with van der Waals surface area (Å²) >= 11 is 7.94. The van der Waals surface area contributed by atoms with Crippen molar-refractivity contribution >= 4 is 129 Å². The predicted octanol–water partition coefficient (Wildman–Crippen LogP) is 16.9. The van der Waals surface area contributed by atoms with E-state index in [0.717, 1.165) is 8.95 Å². The molecule has 0 saturated carbocycles. The summed E-state index contributed by atoms with van der Waals surface area (Å²) in [5.41, 5.74) is 5.04. The third-order valence-electron chi connectivity index (χ3n) is 12.1. The van der Waals surface area contributed by atoms with Crippen LogP contribution >= 0.6 is 31.9 Å². The van der Waals surface area contributed by atoms with Crippen LogP contribution in [-0.2, 0) is 0 Å². The smallest absolute Gasteiger partial charge is 0.0332 e. The third-order valence-corrected chi connectivity index (χ3v) is 13.8. The van der Waals surface area contributed by atoms with Crippen LogP contribution in [0.4, 0.5) is 0 Å². The highest BCUT2D eigenvalue weighted by atomic mass is 79.9. The molecule has 0 N–H and O–H groups in total. The first-order valence-corrected chi connectivity index (χ1v) is 20.6. The molecule has 2 heteroatoms. The van der Waals surface area contributed by atoms with Crippen LogP contribution in [0.3, 0.4) is 0 Å². The summed E-state index contributed by atoms with van der Waals surface area (Å²) in [6.07, 6.45) is 0. The molecular formula is C54H30Br2. The van der Waals surface area contributed by atoms with Crippen molar-refractivity contribution in [1.29, 1.82) is 0 Å². The molecule has 0 heterocycles. The second kappa shape index (κ2) is 12.2. The topological polar surface area (TPSA) is 0 Å². The number of hydrogen-bond donors (Lipinski definition) is 0. The predicted molar refractivity (Wildman–Crippen MR) is 250 cm³/mol. The van der Waals surface area contributed by atoms with Gasteiger partial charge in [-0.15, -0.1) is 0 Å². The second-order valence-electron chi connectivity index (χ2n) is 15.0. The van der Waals surface area contributed by atoms with Gasteiger partial charge < -0.3 is 0 Å². The van der Waals surface area contributed by atoms with Crippen LogP contribution in [0.15, 0.2) is 191 Å². The molecule has 0 aliphatic heterocycles. The lowest BCUT2D eigenvalue weighted by molar-refractivity contribution is 1.70. The van der Waals surface area contributed by atoms with Gasteiger partial charge in [-0.1, -0.05) is 164 Å². The van der Waals surface area contributed by atoms with Crippen molar-refractivity contribution in [3.8, 4) is 22.3 Å². The zero-order valence-corrected chi connectivity index (χ0v) is 33.2. The van der Waals surface area contributed by atoms with E-state index in [1.165, 1.54) is 119 Å². The monoisotopic (exact) mass is 836 g/mol. The van der Waals surface area contributed by atoms with Gasteiger partial charge in [-0.3, -0.25) is 0 Å². The number of hydrogen-bond acceptors (Lipinski definition) is 0. The Hall–Kier alpha value is -6.06. The van der Waals surface area contributed by atoms with E-state index in [9.17, 15) is 0 Å². The highest BCUT2D eigenvalue weighted by Gasteiger charge is 2.18. The fraction of sp³-hybridized carbons (Fsp3) is 0. The summed E-state index contributed by atoms with van der Waals surface area (Å²) in [4.78, 5) is 0. The number of benzene rings is 12. The Morgan fingerprint density at radius 3 is 1.05 bits per heavy atom. The average Bonchev–Trinajstić information content (AvgIpc) is 3.25. The Labute approximate surface area is 339 Å². The van der Waals surface area contributed by atoms with E-state index in [0.29, 0.717) is 0 Å². The molecule has 0 amide bonds. The molecule has 0 saturated heterocycles. The van der Waals surface area contributed by atoms with E-state index in [-0.39, 0.29) is 0 Å². The maximum atomic E-state index is 3.98. The van der Waals surface area contributed by atoms with Gasteiger partial charge in [0.25, 0.3) is 0 Å². The van der Waals surface area contributed by atoms with Gasteiger partial charge >= 0.3 is 0 Å². The maximum Gasteiger partial charge on any atom is 0.0332 e. The minimum Gasteiger partial charge on any atom is -0.0616 e. The number of halogens is 2. The minimum atomic E-state index is 1.15.